The van der Waals surface area contributed by atoms with Crippen LogP contribution in [0.15, 0.2) is 58.5 Å². The largest absolute Gasteiger partial charge is 0.417 e. The molecule has 190 valence electrons. The van der Waals surface area contributed by atoms with Crippen molar-refractivity contribution in [1.82, 2.24) is 19.2 Å². The summed E-state index contributed by atoms with van der Waals surface area (Å²) >= 11 is 5.64. The van der Waals surface area contributed by atoms with Crippen molar-refractivity contribution in [1.29, 1.82) is 0 Å². The molecular weight excluding hydrogens is 538 g/mol. The van der Waals surface area contributed by atoms with E-state index < -0.39 is 60.5 Å². The zero-order valence-corrected chi connectivity index (χ0v) is 19.5. The van der Waals surface area contributed by atoms with Crippen LogP contribution in [0.1, 0.15) is 18.1 Å². The fraction of sp³-hybridized carbons (Fsp3) is 0.190. The van der Waals surface area contributed by atoms with Crippen molar-refractivity contribution in [3.8, 4) is 16.9 Å². The highest BCUT2D eigenvalue weighted by atomic mass is 35.5. The second-order valence-electron chi connectivity index (χ2n) is 7.48. The first-order valence-corrected chi connectivity index (χ1v) is 12.0. The number of benzene rings is 1. The van der Waals surface area contributed by atoms with Gasteiger partial charge in [0, 0.05) is 18.0 Å². The number of nitrogens with zero attached hydrogens (tertiary/aromatic N) is 4. The number of hydrogen-bond donors (Lipinski definition) is 0. The lowest BCUT2D eigenvalue weighted by Gasteiger charge is -2.13. The Labute approximate surface area is 203 Å². The maximum Gasteiger partial charge on any atom is 0.417 e. The minimum atomic E-state index is -4.78. The Balaban J connectivity index is 1.95. The van der Waals surface area contributed by atoms with Crippen LogP contribution in [0, 0.1) is 0 Å². The maximum absolute atomic E-state index is 13.3. The van der Waals surface area contributed by atoms with Crippen LogP contribution in [0.3, 0.4) is 0 Å². The summed E-state index contributed by atoms with van der Waals surface area (Å²) in [6, 6.07) is 5.58. The van der Waals surface area contributed by atoms with Crippen LogP contribution in [0.5, 0.6) is 0 Å². The first-order chi connectivity index (χ1) is 16.6. The summed E-state index contributed by atoms with van der Waals surface area (Å²) < 4.78 is 106. The van der Waals surface area contributed by atoms with Crippen molar-refractivity contribution in [2.75, 3.05) is 5.75 Å². The highest BCUT2D eigenvalue weighted by Gasteiger charge is 2.34. The van der Waals surface area contributed by atoms with E-state index in [4.69, 9.17) is 11.6 Å². The molecule has 0 spiro atoms. The predicted octanol–water partition coefficient (Wildman–Crippen LogP) is 5.03. The summed E-state index contributed by atoms with van der Waals surface area (Å²) in [5.41, 5.74) is -3.73. The highest BCUT2D eigenvalue weighted by molar-refractivity contribution is 7.91. The fourth-order valence-corrected chi connectivity index (χ4v) is 4.60. The molecule has 0 aliphatic heterocycles. The van der Waals surface area contributed by atoms with Gasteiger partial charge in [-0.25, -0.2) is 22.6 Å². The normalized spacial score (nSPS) is 12.9. The molecule has 0 saturated heterocycles. The Morgan fingerprint density at radius 3 is 2.28 bits per heavy atom. The molecule has 0 amide bonds. The molecule has 15 heteroatoms. The van der Waals surface area contributed by atoms with Gasteiger partial charge in [-0.2, -0.15) is 31.0 Å². The van der Waals surface area contributed by atoms with Gasteiger partial charge in [0.15, 0.2) is 21.3 Å². The molecule has 0 fully saturated rings. The van der Waals surface area contributed by atoms with Crippen molar-refractivity contribution in [3.05, 3.63) is 75.4 Å². The molecule has 0 radical (unpaired) electrons. The molecule has 0 aliphatic carbocycles. The third-order valence-corrected chi connectivity index (χ3v) is 7.26. The van der Waals surface area contributed by atoms with Crippen molar-refractivity contribution in [3.63, 3.8) is 0 Å². The van der Waals surface area contributed by atoms with Crippen molar-refractivity contribution >= 4 is 27.1 Å². The van der Waals surface area contributed by atoms with E-state index in [2.05, 4.69) is 10.1 Å². The Kier molecular flexibility index (Phi) is 6.15. The second kappa shape index (κ2) is 8.62. The Bertz CT molecular complexity index is 1660. The van der Waals surface area contributed by atoms with Gasteiger partial charge < -0.3 is 0 Å². The highest BCUT2D eigenvalue weighted by Crippen LogP contribution is 2.38. The third-order valence-electron chi connectivity index (χ3n) is 5.20. The molecule has 3 heterocycles. The monoisotopic (exact) mass is 550 g/mol. The van der Waals surface area contributed by atoms with E-state index >= 15 is 0 Å². The lowest BCUT2D eigenvalue weighted by molar-refractivity contribution is -0.138. The first-order valence-electron chi connectivity index (χ1n) is 9.92. The number of halogens is 7. The van der Waals surface area contributed by atoms with Crippen LogP contribution >= 0.6 is 11.6 Å². The Hall–Kier alpha value is -3.39. The van der Waals surface area contributed by atoms with Crippen LogP contribution < -0.4 is 5.69 Å². The van der Waals surface area contributed by atoms with Crippen molar-refractivity contribution in [2.45, 2.75) is 24.2 Å². The van der Waals surface area contributed by atoms with Crippen LogP contribution in [0.25, 0.3) is 22.6 Å². The van der Waals surface area contributed by atoms with Gasteiger partial charge in [-0.1, -0.05) is 24.6 Å². The Morgan fingerprint density at radius 1 is 0.972 bits per heavy atom. The van der Waals surface area contributed by atoms with Gasteiger partial charge in [-0.3, -0.25) is 0 Å². The second-order valence-corrected chi connectivity index (χ2v) is 10.1. The van der Waals surface area contributed by atoms with Crippen LogP contribution in [-0.4, -0.2) is 33.3 Å². The maximum atomic E-state index is 13.3. The van der Waals surface area contributed by atoms with Crippen LogP contribution in [0.4, 0.5) is 26.3 Å². The average Bonchev–Trinajstić information content (AvgIpc) is 3.13. The van der Waals surface area contributed by atoms with Crippen molar-refractivity contribution in [2.24, 2.45) is 0 Å². The third kappa shape index (κ3) is 4.57. The quantitative estimate of drug-likeness (QED) is 0.333. The minimum Gasteiger partial charge on any atom is -0.249 e. The molecule has 3 aromatic heterocycles. The lowest BCUT2D eigenvalue weighted by Crippen LogP contribution is -2.23. The van der Waals surface area contributed by atoms with Gasteiger partial charge in [-0.05, 0) is 35.9 Å². The molecule has 0 unspecified atom stereocenters. The molecule has 0 atom stereocenters. The summed E-state index contributed by atoms with van der Waals surface area (Å²) in [7, 11) is -4.14. The summed E-state index contributed by atoms with van der Waals surface area (Å²) in [4.78, 5) is 16.2. The van der Waals surface area contributed by atoms with Gasteiger partial charge in [0.1, 0.15) is 4.90 Å². The molecule has 0 N–H and O–H groups in total. The average molecular weight is 551 g/mol. The molecule has 0 bridgehead atoms. The molecule has 0 aliphatic rings. The topological polar surface area (TPSA) is 86.3 Å². The van der Waals surface area contributed by atoms with Gasteiger partial charge >= 0.3 is 18.0 Å². The molecule has 0 saturated carbocycles. The summed E-state index contributed by atoms with van der Waals surface area (Å²) in [5, 5.41) is 3.32. The molecule has 1 aromatic carbocycles. The van der Waals surface area contributed by atoms with Crippen molar-refractivity contribution < 1.29 is 34.8 Å². The first kappa shape index (κ1) is 25.7. The van der Waals surface area contributed by atoms with E-state index in [0.717, 1.165) is 30.5 Å². The summed E-state index contributed by atoms with van der Waals surface area (Å²) in [6.45, 7) is 1.29. The summed E-state index contributed by atoms with van der Waals surface area (Å²) in [5.74, 6) is -0.993. The number of pyridine rings is 2. The predicted molar refractivity (Wildman–Crippen MR) is 117 cm³/mol. The molecular formula is C21H13ClF6N4O3S. The SMILES string of the molecule is CCS(=O)(=O)c1cc(-c2ccc(Cl)c(C(F)(F)F)c2)cnc1-n1nc2ccc(C(F)(F)F)cn2c1=O. The van der Waals surface area contributed by atoms with Crippen LogP contribution in [0.2, 0.25) is 5.02 Å². The smallest absolute Gasteiger partial charge is 0.249 e. The number of alkyl halides is 6. The standard InChI is InChI=1S/C21H13ClF6N4O3S/c1-2-36(34,35)16-8-12(11-3-5-15(22)14(7-11)21(26,27)28)9-29-18(16)32-19(33)31-10-13(20(23,24)25)4-6-17(31)30-32/h3-10H,2H2,1H3. The number of aromatic nitrogens is 4. The number of fused-ring (bicyclic) bond motifs is 1. The van der Waals surface area contributed by atoms with E-state index in [0.29, 0.717) is 21.3 Å². The Morgan fingerprint density at radius 2 is 1.67 bits per heavy atom. The molecule has 7 nitrogen and oxygen atoms in total. The summed E-state index contributed by atoms with van der Waals surface area (Å²) in [6.07, 6.45) is -8.00. The van der Waals surface area contributed by atoms with E-state index in [-0.39, 0.29) is 16.8 Å². The number of hydrogen-bond acceptors (Lipinski definition) is 5. The van der Waals surface area contributed by atoms with Gasteiger partial charge in [0.25, 0.3) is 0 Å². The lowest BCUT2D eigenvalue weighted by atomic mass is 10.0. The van der Waals surface area contributed by atoms with Gasteiger partial charge in [0.05, 0.1) is 21.9 Å². The molecule has 4 rings (SSSR count). The molecule has 36 heavy (non-hydrogen) atoms. The number of sulfone groups is 1. The minimum absolute atomic E-state index is 0.0379. The van der Waals surface area contributed by atoms with E-state index in [1.807, 2.05) is 0 Å². The fourth-order valence-electron chi connectivity index (χ4n) is 3.34. The van der Waals surface area contributed by atoms with E-state index in [1.165, 1.54) is 13.0 Å². The van der Waals surface area contributed by atoms with Gasteiger partial charge in [-0.15, -0.1) is 5.10 Å². The number of rotatable bonds is 4. The van der Waals surface area contributed by atoms with Gasteiger partial charge in [0.2, 0.25) is 0 Å². The molecule has 4 aromatic rings. The van der Waals surface area contributed by atoms with E-state index in [1.54, 1.807) is 0 Å². The van der Waals surface area contributed by atoms with E-state index in [9.17, 15) is 39.6 Å². The van der Waals surface area contributed by atoms with Crippen LogP contribution in [-0.2, 0) is 22.2 Å². The zero-order chi connectivity index (χ0) is 26.6. The zero-order valence-electron chi connectivity index (χ0n) is 17.9.